The number of halogens is 3. The molecule has 1 aliphatic rings. The molecule has 0 fully saturated rings. The number of hydrogen-bond acceptors (Lipinski definition) is 6. The van der Waals surface area contributed by atoms with Crippen molar-refractivity contribution in [2.24, 2.45) is 0 Å². The normalized spacial score (nSPS) is 15.5. The number of benzene rings is 2. The molecule has 0 radical (unpaired) electrons. The Morgan fingerprint density at radius 2 is 2.00 bits per heavy atom. The van der Waals surface area contributed by atoms with E-state index >= 15 is 0 Å². The second-order valence-electron chi connectivity index (χ2n) is 7.02. The zero-order valence-corrected chi connectivity index (χ0v) is 19.0. The molecule has 1 aliphatic heterocycles. The minimum absolute atomic E-state index is 0.0251. The summed E-state index contributed by atoms with van der Waals surface area (Å²) >= 11 is 11.9. The number of aliphatic hydroxyl groups excluding tert-OH is 1. The maximum Gasteiger partial charge on any atom is 0.264 e. The lowest BCUT2D eigenvalue weighted by atomic mass is 10.2. The van der Waals surface area contributed by atoms with Gasteiger partial charge in [0.25, 0.3) is 15.9 Å². The third-order valence-electron chi connectivity index (χ3n) is 4.78. The van der Waals surface area contributed by atoms with E-state index < -0.39 is 34.5 Å². The lowest BCUT2D eigenvalue weighted by molar-refractivity contribution is 0.102. The van der Waals surface area contributed by atoms with Gasteiger partial charge in [-0.05, 0) is 36.4 Å². The molecule has 0 saturated carbocycles. The zero-order valence-electron chi connectivity index (χ0n) is 16.7. The summed E-state index contributed by atoms with van der Waals surface area (Å²) in [6.45, 7) is -0.663. The number of anilines is 2. The number of pyridine rings is 1. The Hall–Kier alpha value is -2.92. The van der Waals surface area contributed by atoms with Gasteiger partial charge in [0.05, 0.1) is 40.5 Å². The van der Waals surface area contributed by atoms with Crippen LogP contribution in [-0.4, -0.2) is 43.7 Å². The number of nitrogens with one attached hydrogen (secondary N) is 1. The maximum atomic E-state index is 14.1. The van der Waals surface area contributed by atoms with Crippen LogP contribution >= 0.6 is 23.2 Å². The lowest BCUT2D eigenvalue weighted by Crippen LogP contribution is -2.45. The summed E-state index contributed by atoms with van der Waals surface area (Å²) in [5.74, 6) is -1.72. The molecule has 0 unspecified atom stereocenters. The predicted molar refractivity (Wildman–Crippen MR) is 121 cm³/mol. The molecule has 2 aromatic carbocycles. The highest BCUT2D eigenvalue weighted by atomic mass is 35.5. The van der Waals surface area contributed by atoms with Crippen LogP contribution < -0.4 is 14.4 Å². The third-order valence-corrected chi connectivity index (χ3v) is 7.11. The molecule has 12 heteroatoms. The molecule has 172 valence electrons. The van der Waals surface area contributed by atoms with Gasteiger partial charge >= 0.3 is 0 Å². The van der Waals surface area contributed by atoms with Crippen molar-refractivity contribution < 1.29 is 27.4 Å². The third kappa shape index (κ3) is 4.60. The van der Waals surface area contributed by atoms with Gasteiger partial charge in [0.2, 0.25) is 5.88 Å². The standard InChI is InChI=1S/C21H16Cl2FN3O5S/c22-12-3-1-4-15(7-12)33(30,31)27-10-14(11-28)32-21-18(27)8-13(9-25-21)26-20(29)19-16(23)5-2-6-17(19)24/h1-9,14,28H,10-11H2,(H,26,29)/t14-/m1/s1. The largest absolute Gasteiger partial charge is 0.468 e. The number of nitrogens with zero attached hydrogens (tertiary/aromatic N) is 2. The zero-order chi connectivity index (χ0) is 23.8. The monoisotopic (exact) mass is 511 g/mol. The van der Waals surface area contributed by atoms with E-state index in [4.69, 9.17) is 27.9 Å². The van der Waals surface area contributed by atoms with Gasteiger partial charge in [-0.2, -0.15) is 0 Å². The van der Waals surface area contributed by atoms with Crippen LogP contribution in [0.3, 0.4) is 0 Å². The fourth-order valence-electron chi connectivity index (χ4n) is 3.24. The number of rotatable bonds is 5. The second-order valence-corrected chi connectivity index (χ2v) is 9.72. The molecule has 33 heavy (non-hydrogen) atoms. The van der Waals surface area contributed by atoms with Crippen molar-refractivity contribution in [2.45, 2.75) is 11.0 Å². The number of sulfonamides is 1. The molecule has 2 heterocycles. The number of fused-ring (bicyclic) bond motifs is 1. The van der Waals surface area contributed by atoms with Gasteiger partial charge in [0, 0.05) is 5.02 Å². The average Bonchev–Trinajstić information content (AvgIpc) is 2.78. The van der Waals surface area contributed by atoms with Crippen molar-refractivity contribution in [1.82, 2.24) is 4.98 Å². The Morgan fingerprint density at radius 3 is 2.70 bits per heavy atom. The van der Waals surface area contributed by atoms with Crippen LogP contribution in [0.4, 0.5) is 15.8 Å². The van der Waals surface area contributed by atoms with E-state index in [1.807, 2.05) is 0 Å². The van der Waals surface area contributed by atoms with Gasteiger partial charge in [0.1, 0.15) is 17.6 Å². The van der Waals surface area contributed by atoms with Crippen LogP contribution in [0.15, 0.2) is 59.6 Å². The van der Waals surface area contributed by atoms with Gasteiger partial charge in [-0.25, -0.2) is 17.8 Å². The second kappa shape index (κ2) is 9.14. The van der Waals surface area contributed by atoms with E-state index in [0.29, 0.717) is 0 Å². The number of carbonyl (C=O) groups excluding carboxylic acids is 1. The van der Waals surface area contributed by atoms with Crippen molar-refractivity contribution in [3.8, 4) is 5.88 Å². The highest BCUT2D eigenvalue weighted by molar-refractivity contribution is 7.92. The van der Waals surface area contributed by atoms with Gasteiger partial charge in [-0.15, -0.1) is 0 Å². The van der Waals surface area contributed by atoms with Crippen molar-refractivity contribution in [1.29, 1.82) is 0 Å². The van der Waals surface area contributed by atoms with E-state index in [2.05, 4.69) is 10.3 Å². The molecule has 1 atom stereocenters. The minimum atomic E-state index is -4.13. The number of hydrogen-bond donors (Lipinski definition) is 2. The van der Waals surface area contributed by atoms with Crippen LogP contribution in [0, 0.1) is 5.82 Å². The Kier molecular flexibility index (Phi) is 6.44. The fourth-order valence-corrected chi connectivity index (χ4v) is 5.28. The molecule has 1 aromatic heterocycles. The average molecular weight is 512 g/mol. The molecule has 3 aromatic rings. The first-order valence-corrected chi connectivity index (χ1v) is 11.7. The van der Waals surface area contributed by atoms with Gasteiger partial charge in [-0.1, -0.05) is 35.3 Å². The summed E-state index contributed by atoms with van der Waals surface area (Å²) in [6.07, 6.45) is 0.353. The molecule has 0 spiro atoms. The van der Waals surface area contributed by atoms with Gasteiger partial charge < -0.3 is 15.2 Å². The highest BCUT2D eigenvalue weighted by Crippen LogP contribution is 2.37. The van der Waals surface area contributed by atoms with Crippen molar-refractivity contribution in [2.75, 3.05) is 22.8 Å². The van der Waals surface area contributed by atoms with E-state index in [1.165, 1.54) is 48.7 Å². The molecule has 8 nitrogen and oxygen atoms in total. The summed E-state index contributed by atoms with van der Waals surface area (Å²) in [4.78, 5) is 16.6. The Balaban J connectivity index is 1.73. The first kappa shape index (κ1) is 23.2. The molecule has 2 N–H and O–H groups in total. The molecule has 0 bridgehead atoms. The van der Waals surface area contributed by atoms with Crippen LogP contribution in [0.5, 0.6) is 5.88 Å². The summed E-state index contributed by atoms with van der Waals surface area (Å²) < 4.78 is 47.4. The maximum absolute atomic E-state index is 14.1. The Bertz CT molecular complexity index is 1320. The first-order chi connectivity index (χ1) is 15.7. The van der Waals surface area contributed by atoms with E-state index in [1.54, 1.807) is 0 Å². The lowest BCUT2D eigenvalue weighted by Gasteiger charge is -2.34. The number of aromatic nitrogens is 1. The highest BCUT2D eigenvalue weighted by Gasteiger charge is 2.35. The van der Waals surface area contributed by atoms with Gasteiger partial charge in [-0.3, -0.25) is 9.10 Å². The van der Waals surface area contributed by atoms with Crippen LogP contribution in [0.25, 0.3) is 0 Å². The smallest absolute Gasteiger partial charge is 0.264 e. The van der Waals surface area contributed by atoms with Crippen LogP contribution in [0.2, 0.25) is 10.0 Å². The number of carbonyl (C=O) groups is 1. The fraction of sp³-hybridized carbons (Fsp3) is 0.143. The number of aliphatic hydroxyl groups is 1. The Morgan fingerprint density at radius 1 is 1.24 bits per heavy atom. The summed E-state index contributed by atoms with van der Waals surface area (Å²) in [6, 6.07) is 10.8. The van der Waals surface area contributed by atoms with Crippen molar-refractivity contribution >= 4 is 50.5 Å². The topological polar surface area (TPSA) is 109 Å². The number of ether oxygens (including phenoxy) is 1. The van der Waals surface area contributed by atoms with E-state index in [-0.39, 0.29) is 44.3 Å². The van der Waals surface area contributed by atoms with E-state index in [0.717, 1.165) is 10.4 Å². The molecular formula is C21H16Cl2FN3O5S. The Labute approximate surface area is 198 Å². The van der Waals surface area contributed by atoms with Crippen molar-refractivity contribution in [3.05, 3.63) is 76.2 Å². The van der Waals surface area contributed by atoms with Crippen LogP contribution in [0.1, 0.15) is 10.4 Å². The SMILES string of the molecule is O=C(Nc1cnc2c(c1)N(S(=O)(=O)c1cccc(Cl)c1)C[C@H](CO)O2)c1c(F)cccc1Cl. The first-order valence-electron chi connectivity index (χ1n) is 9.52. The number of amides is 1. The summed E-state index contributed by atoms with van der Waals surface area (Å²) in [5.41, 5.74) is -0.260. The minimum Gasteiger partial charge on any atom is -0.468 e. The van der Waals surface area contributed by atoms with Gasteiger partial charge in [0.15, 0.2) is 0 Å². The molecule has 4 rings (SSSR count). The summed E-state index contributed by atoms with van der Waals surface area (Å²) in [7, 11) is -4.13. The quantitative estimate of drug-likeness (QED) is 0.540. The molecule has 0 aliphatic carbocycles. The van der Waals surface area contributed by atoms with E-state index in [9.17, 15) is 22.7 Å². The van der Waals surface area contributed by atoms with Crippen LogP contribution in [-0.2, 0) is 10.0 Å². The summed E-state index contributed by atoms with van der Waals surface area (Å²) in [5, 5.41) is 12.2. The predicted octanol–water partition coefficient (Wildman–Crippen LogP) is 3.73. The molecule has 0 saturated heterocycles. The van der Waals surface area contributed by atoms with Crippen molar-refractivity contribution in [3.63, 3.8) is 0 Å². The molecule has 1 amide bonds. The molecular weight excluding hydrogens is 496 g/mol.